The van der Waals surface area contributed by atoms with Crippen LogP contribution in [0.5, 0.6) is 0 Å². The smallest absolute Gasteiger partial charge is 0.164 e. The summed E-state index contributed by atoms with van der Waals surface area (Å²) in [4.78, 5) is 15.3. The highest BCUT2D eigenvalue weighted by atomic mass is 15.0. The van der Waals surface area contributed by atoms with Gasteiger partial charge < -0.3 is 4.57 Å². The summed E-state index contributed by atoms with van der Waals surface area (Å²) in [5.74, 6) is 1.90. The Morgan fingerprint density at radius 1 is 0.314 bits per heavy atom. The normalized spacial score (nSPS) is 11.5. The molecule has 2 aromatic heterocycles. The summed E-state index contributed by atoms with van der Waals surface area (Å²) in [5, 5.41) is 7.31. The van der Waals surface area contributed by atoms with Crippen molar-refractivity contribution < 1.29 is 0 Å². The van der Waals surface area contributed by atoms with Gasteiger partial charge >= 0.3 is 0 Å². The molecule has 8 aromatic carbocycles. The molecule has 0 aliphatic rings. The summed E-state index contributed by atoms with van der Waals surface area (Å²) >= 11 is 0. The molecule has 0 radical (unpaired) electrons. The van der Waals surface area contributed by atoms with Crippen molar-refractivity contribution in [3.8, 4) is 51.0 Å². The Hall–Kier alpha value is -6.91. The number of fused-ring (bicyclic) bond motifs is 6. The van der Waals surface area contributed by atoms with Crippen molar-refractivity contribution in [2.45, 2.75) is 0 Å². The molecule has 0 saturated heterocycles. The minimum Gasteiger partial charge on any atom is -0.309 e. The molecule has 0 spiro atoms. The first kappa shape index (κ1) is 29.0. The van der Waals surface area contributed by atoms with Crippen LogP contribution in [0.15, 0.2) is 182 Å². The highest BCUT2D eigenvalue weighted by molar-refractivity contribution is 6.14. The van der Waals surface area contributed by atoms with E-state index >= 15 is 0 Å². The van der Waals surface area contributed by atoms with Crippen LogP contribution in [-0.2, 0) is 0 Å². The molecule has 4 nitrogen and oxygen atoms in total. The van der Waals surface area contributed by atoms with E-state index in [0.29, 0.717) is 17.5 Å². The first-order valence-electron chi connectivity index (χ1n) is 17.2. The molecule has 0 atom stereocenters. The zero-order chi connectivity index (χ0) is 33.7. The first-order valence-corrected chi connectivity index (χ1v) is 17.2. The molecule has 238 valence electrons. The lowest BCUT2D eigenvalue weighted by Crippen LogP contribution is -2.02. The average Bonchev–Trinajstić information content (AvgIpc) is 3.55. The quantitative estimate of drug-likeness (QED) is 0.174. The van der Waals surface area contributed by atoms with Crippen LogP contribution in [0.1, 0.15) is 0 Å². The zero-order valence-corrected chi connectivity index (χ0v) is 27.6. The molecule has 10 aromatic rings. The van der Waals surface area contributed by atoms with Crippen molar-refractivity contribution in [3.63, 3.8) is 0 Å². The minimum atomic E-state index is 0.622. The number of para-hydroxylation sites is 2. The van der Waals surface area contributed by atoms with Gasteiger partial charge in [0.15, 0.2) is 17.5 Å². The van der Waals surface area contributed by atoms with Gasteiger partial charge in [-0.1, -0.05) is 146 Å². The second-order valence-electron chi connectivity index (χ2n) is 12.9. The van der Waals surface area contributed by atoms with E-state index in [-0.39, 0.29) is 0 Å². The van der Waals surface area contributed by atoms with Gasteiger partial charge in [-0.05, 0) is 69.1 Å². The monoisotopic (exact) mass is 650 g/mol. The number of rotatable bonds is 5. The molecule has 10 rings (SSSR count). The molecule has 4 heteroatoms. The highest BCUT2D eigenvalue weighted by Gasteiger charge is 2.18. The average molecular weight is 651 g/mol. The maximum absolute atomic E-state index is 5.16. The van der Waals surface area contributed by atoms with Crippen LogP contribution in [0.2, 0.25) is 0 Å². The van der Waals surface area contributed by atoms with Crippen LogP contribution in [-0.4, -0.2) is 19.5 Å². The Labute approximate surface area is 295 Å². The van der Waals surface area contributed by atoms with Gasteiger partial charge in [-0.25, -0.2) is 15.0 Å². The van der Waals surface area contributed by atoms with E-state index < -0.39 is 0 Å². The molecular formula is C47H30N4. The molecular weight excluding hydrogens is 621 g/mol. The topological polar surface area (TPSA) is 43.6 Å². The van der Waals surface area contributed by atoms with Gasteiger partial charge in [0.25, 0.3) is 0 Å². The number of aromatic nitrogens is 4. The summed E-state index contributed by atoms with van der Waals surface area (Å²) in [6.45, 7) is 0. The standard InChI is InChI=1S/C47H30N4/c1-3-15-31(16-4-1)45-48-46(32-17-5-2-6-18-32)50-47(49-45)35-27-34(42-30-33-19-7-8-20-37(33)38-21-9-10-22-39(38)42)28-36(29-35)51-43-25-13-11-23-40(43)41-24-12-14-26-44(41)51/h1-30H. The van der Waals surface area contributed by atoms with Gasteiger partial charge in [0, 0.05) is 33.2 Å². The molecule has 0 aliphatic carbocycles. The third-order valence-electron chi connectivity index (χ3n) is 9.79. The van der Waals surface area contributed by atoms with Gasteiger partial charge in [0.1, 0.15) is 0 Å². The summed E-state index contributed by atoms with van der Waals surface area (Å²) in [5.41, 5.74) is 8.39. The second-order valence-corrected chi connectivity index (χ2v) is 12.9. The van der Waals surface area contributed by atoms with Crippen molar-refractivity contribution in [1.29, 1.82) is 0 Å². The number of hydrogen-bond donors (Lipinski definition) is 0. The second kappa shape index (κ2) is 11.9. The van der Waals surface area contributed by atoms with Gasteiger partial charge in [-0.15, -0.1) is 0 Å². The number of nitrogens with zero attached hydrogens (tertiary/aromatic N) is 4. The Kier molecular flexibility index (Phi) is 6.78. The molecule has 51 heavy (non-hydrogen) atoms. The summed E-state index contributed by atoms with van der Waals surface area (Å²) < 4.78 is 2.37. The SMILES string of the molecule is c1ccc(-c2nc(-c3ccccc3)nc(-c3cc(-c4cc5ccccc5c5ccccc45)cc(-n4c5ccccc5c5ccccc54)c3)n2)cc1. The van der Waals surface area contributed by atoms with Crippen LogP contribution < -0.4 is 0 Å². The molecule has 2 heterocycles. The molecule has 0 fully saturated rings. The molecule has 0 bridgehead atoms. The van der Waals surface area contributed by atoms with Crippen molar-refractivity contribution >= 4 is 43.4 Å². The van der Waals surface area contributed by atoms with Crippen molar-refractivity contribution in [2.75, 3.05) is 0 Å². The minimum absolute atomic E-state index is 0.622. The summed E-state index contributed by atoms with van der Waals surface area (Å²) in [6.07, 6.45) is 0. The van der Waals surface area contributed by atoms with Crippen LogP contribution in [0, 0.1) is 0 Å². The van der Waals surface area contributed by atoms with E-state index in [2.05, 4.69) is 150 Å². The Balaban J connectivity index is 1.30. The predicted octanol–water partition coefficient (Wildman–Crippen LogP) is 11.9. The molecule has 0 N–H and O–H groups in total. The largest absolute Gasteiger partial charge is 0.309 e. The lowest BCUT2D eigenvalue weighted by Gasteiger charge is -2.16. The van der Waals surface area contributed by atoms with Gasteiger partial charge in [-0.3, -0.25) is 0 Å². The third kappa shape index (κ3) is 4.96. The van der Waals surface area contributed by atoms with E-state index in [4.69, 9.17) is 15.0 Å². The summed E-state index contributed by atoms with van der Waals surface area (Å²) in [7, 11) is 0. The molecule has 0 unspecified atom stereocenters. The Morgan fingerprint density at radius 3 is 1.37 bits per heavy atom. The fourth-order valence-corrected chi connectivity index (χ4v) is 7.46. The lowest BCUT2D eigenvalue weighted by atomic mass is 9.92. The van der Waals surface area contributed by atoms with Crippen molar-refractivity contribution in [2.24, 2.45) is 0 Å². The highest BCUT2D eigenvalue weighted by Crippen LogP contribution is 2.40. The number of hydrogen-bond acceptors (Lipinski definition) is 3. The van der Waals surface area contributed by atoms with Crippen LogP contribution in [0.3, 0.4) is 0 Å². The Morgan fingerprint density at radius 2 is 0.765 bits per heavy atom. The van der Waals surface area contributed by atoms with Crippen LogP contribution in [0.25, 0.3) is 94.3 Å². The molecule has 0 aliphatic heterocycles. The fourth-order valence-electron chi connectivity index (χ4n) is 7.46. The van der Waals surface area contributed by atoms with E-state index in [1.165, 1.54) is 32.3 Å². The van der Waals surface area contributed by atoms with E-state index in [1.54, 1.807) is 0 Å². The van der Waals surface area contributed by atoms with Crippen LogP contribution >= 0.6 is 0 Å². The maximum atomic E-state index is 5.16. The van der Waals surface area contributed by atoms with E-state index in [9.17, 15) is 0 Å². The van der Waals surface area contributed by atoms with Gasteiger partial charge in [-0.2, -0.15) is 0 Å². The predicted molar refractivity (Wildman–Crippen MR) is 211 cm³/mol. The molecule has 0 saturated carbocycles. The first-order chi connectivity index (χ1) is 25.3. The van der Waals surface area contributed by atoms with Crippen molar-refractivity contribution in [1.82, 2.24) is 19.5 Å². The van der Waals surface area contributed by atoms with Gasteiger partial charge in [0.05, 0.1) is 11.0 Å². The zero-order valence-electron chi connectivity index (χ0n) is 27.6. The van der Waals surface area contributed by atoms with Crippen molar-refractivity contribution in [3.05, 3.63) is 182 Å². The van der Waals surface area contributed by atoms with Gasteiger partial charge in [0.2, 0.25) is 0 Å². The Bertz CT molecular complexity index is 2800. The lowest BCUT2D eigenvalue weighted by molar-refractivity contribution is 1.07. The maximum Gasteiger partial charge on any atom is 0.164 e. The molecule has 0 amide bonds. The van der Waals surface area contributed by atoms with E-state index in [1.807, 2.05) is 36.4 Å². The van der Waals surface area contributed by atoms with E-state index in [0.717, 1.165) is 44.5 Å². The number of benzene rings is 8. The van der Waals surface area contributed by atoms with Crippen LogP contribution in [0.4, 0.5) is 0 Å². The third-order valence-corrected chi connectivity index (χ3v) is 9.79. The fraction of sp³-hybridized carbons (Fsp3) is 0. The summed E-state index contributed by atoms with van der Waals surface area (Å²) in [6, 6.07) is 64.1.